The molecule has 0 aliphatic heterocycles. The summed E-state index contributed by atoms with van der Waals surface area (Å²) in [7, 11) is 0. The number of hydrogen-bond acceptors (Lipinski definition) is 7. The van der Waals surface area contributed by atoms with E-state index in [1.807, 2.05) is 19.1 Å². The summed E-state index contributed by atoms with van der Waals surface area (Å²) in [6, 6.07) is 10.6. The van der Waals surface area contributed by atoms with Gasteiger partial charge in [-0.1, -0.05) is 47.4 Å². The van der Waals surface area contributed by atoms with Crippen LogP contribution in [0, 0.1) is 18.3 Å². The highest BCUT2D eigenvalue weighted by atomic mass is 32.2. The molecular weight excluding hydrogens is 396 g/mol. The Bertz CT molecular complexity index is 1050. The third kappa shape index (κ3) is 3.76. The van der Waals surface area contributed by atoms with Crippen LogP contribution in [-0.4, -0.2) is 21.9 Å². The van der Waals surface area contributed by atoms with Crippen LogP contribution in [-0.2, 0) is 17.6 Å². The van der Waals surface area contributed by atoms with E-state index in [2.05, 4.69) is 33.7 Å². The number of amides is 1. The van der Waals surface area contributed by atoms with Gasteiger partial charge in [-0.15, -0.1) is 21.5 Å². The summed E-state index contributed by atoms with van der Waals surface area (Å²) >= 11 is 4.57. The van der Waals surface area contributed by atoms with Crippen molar-refractivity contribution in [1.29, 1.82) is 5.26 Å². The minimum Gasteiger partial charge on any atom is -0.317 e. The lowest BCUT2D eigenvalue weighted by molar-refractivity contribution is -0.115. The SMILES string of the molecule is Cc1nnc(SCCC(=O)Nc2sc3c(c2C#N)CCc2ccccc2-3)s1. The zero-order valence-electron chi connectivity index (χ0n) is 14.6. The van der Waals surface area contributed by atoms with Crippen LogP contribution >= 0.6 is 34.4 Å². The number of anilines is 1. The van der Waals surface area contributed by atoms with Gasteiger partial charge in [0, 0.05) is 17.1 Å². The number of nitrogens with one attached hydrogen (secondary N) is 1. The molecule has 0 spiro atoms. The number of thiophene rings is 1. The number of fused-ring (bicyclic) bond motifs is 3. The molecule has 1 aliphatic carbocycles. The fourth-order valence-corrected chi connectivity index (χ4v) is 6.20. The average Bonchev–Trinajstić information content (AvgIpc) is 3.24. The molecule has 8 heteroatoms. The van der Waals surface area contributed by atoms with Crippen molar-refractivity contribution in [3.05, 3.63) is 46.0 Å². The number of rotatable bonds is 5. The minimum atomic E-state index is -0.0767. The van der Waals surface area contributed by atoms with Crippen LogP contribution in [0.3, 0.4) is 0 Å². The Hall–Kier alpha value is -2.21. The average molecular weight is 413 g/mol. The highest BCUT2D eigenvalue weighted by Crippen LogP contribution is 2.44. The maximum Gasteiger partial charge on any atom is 0.225 e. The Kier molecular flexibility index (Phi) is 5.25. The van der Waals surface area contributed by atoms with E-state index < -0.39 is 0 Å². The van der Waals surface area contributed by atoms with Crippen molar-refractivity contribution >= 4 is 45.3 Å². The quantitative estimate of drug-likeness (QED) is 0.616. The molecule has 1 amide bonds. The number of thioether (sulfide) groups is 1. The summed E-state index contributed by atoms with van der Waals surface area (Å²) in [5.74, 6) is 0.558. The van der Waals surface area contributed by atoms with E-state index in [4.69, 9.17) is 0 Å². The molecule has 2 aromatic heterocycles. The number of aromatic nitrogens is 2. The third-order valence-electron chi connectivity index (χ3n) is 4.34. The normalized spacial score (nSPS) is 12.1. The molecule has 4 rings (SSSR count). The highest BCUT2D eigenvalue weighted by Gasteiger charge is 2.25. The fraction of sp³-hybridized carbons (Fsp3) is 0.263. The summed E-state index contributed by atoms with van der Waals surface area (Å²) in [6.07, 6.45) is 2.14. The van der Waals surface area contributed by atoms with E-state index >= 15 is 0 Å². The lowest BCUT2D eigenvalue weighted by atomic mass is 9.90. The molecule has 0 fully saturated rings. The van der Waals surface area contributed by atoms with Crippen LogP contribution in [0.4, 0.5) is 5.00 Å². The largest absolute Gasteiger partial charge is 0.317 e. The monoisotopic (exact) mass is 412 g/mol. The van der Waals surface area contributed by atoms with Crippen LogP contribution in [0.2, 0.25) is 0 Å². The van der Waals surface area contributed by atoms with Gasteiger partial charge >= 0.3 is 0 Å². The molecule has 0 saturated carbocycles. The number of nitriles is 1. The van der Waals surface area contributed by atoms with Gasteiger partial charge in [0.25, 0.3) is 0 Å². The van der Waals surface area contributed by atoms with Gasteiger partial charge < -0.3 is 5.32 Å². The van der Waals surface area contributed by atoms with Crippen LogP contribution in [0.5, 0.6) is 0 Å². The van der Waals surface area contributed by atoms with Crippen molar-refractivity contribution in [1.82, 2.24) is 10.2 Å². The first kappa shape index (κ1) is 18.2. The second kappa shape index (κ2) is 7.80. The molecule has 1 N–H and O–H groups in total. The number of nitrogens with zero attached hydrogens (tertiary/aromatic N) is 3. The number of carbonyl (C=O) groups excluding carboxylic acids is 1. The van der Waals surface area contributed by atoms with Crippen LogP contribution in [0.15, 0.2) is 28.6 Å². The van der Waals surface area contributed by atoms with Crippen molar-refractivity contribution in [2.75, 3.05) is 11.1 Å². The van der Waals surface area contributed by atoms with Gasteiger partial charge in [-0.3, -0.25) is 4.79 Å². The number of aryl methyl sites for hydroxylation is 2. The summed E-state index contributed by atoms with van der Waals surface area (Å²) in [5.41, 5.74) is 4.17. The Morgan fingerprint density at radius 1 is 1.30 bits per heavy atom. The zero-order chi connectivity index (χ0) is 18.8. The third-order valence-corrected chi connectivity index (χ3v) is 7.49. The Balaban J connectivity index is 1.47. The molecule has 27 heavy (non-hydrogen) atoms. The van der Waals surface area contributed by atoms with E-state index in [1.54, 1.807) is 0 Å². The predicted octanol–water partition coefficient (Wildman–Crippen LogP) is 4.67. The minimum absolute atomic E-state index is 0.0767. The van der Waals surface area contributed by atoms with Crippen molar-refractivity contribution in [2.45, 2.75) is 30.5 Å². The second-order valence-corrected chi connectivity index (χ2v) is 9.66. The van der Waals surface area contributed by atoms with E-state index in [9.17, 15) is 10.1 Å². The molecule has 5 nitrogen and oxygen atoms in total. The lowest BCUT2D eigenvalue weighted by Crippen LogP contribution is -2.12. The van der Waals surface area contributed by atoms with Crippen molar-refractivity contribution < 1.29 is 4.79 Å². The smallest absolute Gasteiger partial charge is 0.225 e. The summed E-state index contributed by atoms with van der Waals surface area (Å²) in [4.78, 5) is 13.5. The van der Waals surface area contributed by atoms with E-state index in [0.29, 0.717) is 22.7 Å². The second-order valence-electron chi connectivity index (χ2n) is 6.12. The van der Waals surface area contributed by atoms with E-state index in [1.165, 1.54) is 45.6 Å². The van der Waals surface area contributed by atoms with Crippen molar-refractivity contribution in [3.63, 3.8) is 0 Å². The Morgan fingerprint density at radius 3 is 2.93 bits per heavy atom. The Labute approximate surface area is 169 Å². The first-order valence-corrected chi connectivity index (χ1v) is 11.1. The van der Waals surface area contributed by atoms with Crippen LogP contribution in [0.1, 0.15) is 28.1 Å². The van der Waals surface area contributed by atoms with Crippen molar-refractivity contribution in [2.24, 2.45) is 0 Å². The topological polar surface area (TPSA) is 78.7 Å². The fourth-order valence-electron chi connectivity index (χ4n) is 3.10. The van der Waals surface area contributed by atoms with Crippen molar-refractivity contribution in [3.8, 4) is 16.5 Å². The molecule has 3 aromatic rings. The van der Waals surface area contributed by atoms with Gasteiger partial charge in [0.2, 0.25) is 5.91 Å². The summed E-state index contributed by atoms with van der Waals surface area (Å²) < 4.78 is 0.876. The number of carbonyl (C=O) groups is 1. The van der Waals surface area contributed by atoms with Gasteiger partial charge in [0.15, 0.2) is 4.34 Å². The highest BCUT2D eigenvalue weighted by molar-refractivity contribution is 8.01. The lowest BCUT2D eigenvalue weighted by Gasteiger charge is -2.15. The first-order valence-electron chi connectivity index (χ1n) is 8.52. The van der Waals surface area contributed by atoms with Gasteiger partial charge in [-0.05, 0) is 36.5 Å². The zero-order valence-corrected chi connectivity index (χ0v) is 17.1. The summed E-state index contributed by atoms with van der Waals surface area (Å²) in [5, 5.41) is 22.2. The molecule has 0 unspecified atom stereocenters. The maximum absolute atomic E-state index is 12.4. The number of benzene rings is 1. The molecule has 0 radical (unpaired) electrons. The molecule has 136 valence electrons. The molecule has 0 bridgehead atoms. The molecule has 1 aliphatic rings. The summed E-state index contributed by atoms with van der Waals surface area (Å²) in [6.45, 7) is 1.91. The molecule has 1 aromatic carbocycles. The maximum atomic E-state index is 12.4. The van der Waals surface area contributed by atoms with Crippen LogP contribution < -0.4 is 5.32 Å². The predicted molar refractivity (Wildman–Crippen MR) is 110 cm³/mol. The van der Waals surface area contributed by atoms with Gasteiger partial charge in [0.1, 0.15) is 16.1 Å². The molecular formula is C19H16N4OS3. The molecule has 0 atom stereocenters. The van der Waals surface area contributed by atoms with Gasteiger partial charge in [-0.2, -0.15) is 5.26 Å². The Morgan fingerprint density at radius 2 is 2.15 bits per heavy atom. The van der Waals surface area contributed by atoms with Gasteiger partial charge in [0.05, 0.1) is 5.56 Å². The van der Waals surface area contributed by atoms with E-state index in [-0.39, 0.29) is 5.91 Å². The van der Waals surface area contributed by atoms with Gasteiger partial charge in [-0.25, -0.2) is 0 Å². The standard InChI is InChI=1S/C19H16N4OS3/c1-11-22-23-19(26-11)25-9-8-16(24)21-18-15(10-20)14-7-6-12-4-2-3-5-13(12)17(14)27-18/h2-5H,6-9H2,1H3,(H,21,24). The number of hydrogen-bond donors (Lipinski definition) is 1. The van der Waals surface area contributed by atoms with Crippen LogP contribution in [0.25, 0.3) is 10.4 Å². The van der Waals surface area contributed by atoms with E-state index in [0.717, 1.165) is 32.6 Å². The molecule has 0 saturated heterocycles. The molecule has 2 heterocycles. The first-order chi connectivity index (χ1) is 13.2.